The van der Waals surface area contributed by atoms with Gasteiger partial charge in [-0.25, -0.2) is 4.79 Å². The lowest BCUT2D eigenvalue weighted by atomic mass is 9.84. The van der Waals surface area contributed by atoms with Crippen molar-refractivity contribution in [1.29, 1.82) is 0 Å². The van der Waals surface area contributed by atoms with Crippen LogP contribution in [0.1, 0.15) is 37.4 Å². The molecule has 1 aliphatic carbocycles. The normalized spacial score (nSPS) is 38.0. The van der Waals surface area contributed by atoms with E-state index in [1.165, 1.54) is 0 Å². The zero-order valence-electron chi connectivity index (χ0n) is 31.3. The molecule has 1 unspecified atom stereocenters. The lowest BCUT2D eigenvalue weighted by molar-refractivity contribution is -0.290. The predicted molar refractivity (Wildman–Crippen MR) is 196 cm³/mol. The van der Waals surface area contributed by atoms with Gasteiger partial charge in [0.15, 0.2) is 18.9 Å². The van der Waals surface area contributed by atoms with Crippen molar-refractivity contribution >= 4 is 6.09 Å². The second-order valence-corrected chi connectivity index (χ2v) is 14.0. The first-order chi connectivity index (χ1) is 29.0. The van der Waals surface area contributed by atoms with Gasteiger partial charge < -0.3 is 64.4 Å². The van der Waals surface area contributed by atoms with E-state index in [-0.39, 0.29) is 19.3 Å². The van der Waals surface area contributed by atoms with E-state index >= 15 is 0 Å². The molecule has 3 heterocycles. The van der Waals surface area contributed by atoms with Gasteiger partial charge in [0.25, 0.3) is 0 Å². The summed E-state index contributed by atoms with van der Waals surface area (Å²) in [6.45, 7) is -1.32. The maximum atomic E-state index is 11.8. The molecular weight excluding hydrogens is 804 g/mol. The van der Waals surface area contributed by atoms with Gasteiger partial charge in [-0.1, -0.05) is 55.9 Å². The van der Waals surface area contributed by atoms with Gasteiger partial charge in [0.05, 0.1) is 61.8 Å². The zero-order chi connectivity index (χ0) is 43.3. The lowest BCUT2D eigenvalue weighted by Crippen LogP contribution is -2.60. The quantitative estimate of drug-likeness (QED) is 0.0745. The van der Waals surface area contributed by atoms with Gasteiger partial charge in [0.2, 0.25) is 0 Å². The number of nitrogens with zero attached hydrogens (tertiary/aromatic N) is 15. The first-order valence-corrected chi connectivity index (χ1v) is 18.4. The third-order valence-electron chi connectivity index (χ3n) is 10.4. The molecular formula is C31H42N16O13. The van der Waals surface area contributed by atoms with E-state index in [0.717, 1.165) is 0 Å². The minimum absolute atomic E-state index is 0.0707. The number of carbonyl (C=O) groups excluding carboxylic acids is 1. The topological polar surface area (TPSA) is 453 Å². The SMILES string of the molecule is [N-]=[N+]=NC[C@@H]1O[C@H](O[C@H]2[C@@H](O)[C@H](O[C@@H]3[C@@H](O)[C@H](N=[N+]=[N-])C[C@H](N=[N+]=[N-])[C@H]3O[C@H]3O[C@H](CC(OC(N)=O)c4ccccc4)CC[C@H]3N=[N+]=[N-])O[C@@H]2CO)[C@H](N=[N+]=[N-])[C@@H](O)[C@@H]1O. The predicted octanol–water partition coefficient (Wildman–Crippen LogP) is 2.19. The summed E-state index contributed by atoms with van der Waals surface area (Å²) >= 11 is 0. The van der Waals surface area contributed by atoms with Crippen molar-refractivity contribution in [2.75, 3.05) is 13.2 Å². The van der Waals surface area contributed by atoms with Crippen LogP contribution in [-0.4, -0.2) is 149 Å². The Bertz CT molecular complexity index is 1860. The van der Waals surface area contributed by atoms with E-state index in [0.29, 0.717) is 12.0 Å². The molecule has 1 amide bonds. The van der Waals surface area contributed by atoms with Crippen molar-refractivity contribution in [2.24, 2.45) is 31.3 Å². The number of aliphatic hydroxyl groups excluding tert-OH is 5. The molecule has 60 heavy (non-hydrogen) atoms. The Hall–Kier alpha value is -5.40. The molecule has 1 aromatic rings. The summed E-state index contributed by atoms with van der Waals surface area (Å²) in [5.41, 5.74) is 52.1. The lowest BCUT2D eigenvalue weighted by Gasteiger charge is -2.45. The molecule has 4 aliphatic rings. The number of ether oxygens (including phenoxy) is 7. The summed E-state index contributed by atoms with van der Waals surface area (Å²) in [5, 5.41) is 72.6. The maximum Gasteiger partial charge on any atom is 0.405 e. The molecule has 3 saturated heterocycles. The average molecular weight is 847 g/mol. The summed E-state index contributed by atoms with van der Waals surface area (Å²) in [5.74, 6) is 0. The molecule has 7 N–H and O–H groups in total. The van der Waals surface area contributed by atoms with Crippen LogP contribution < -0.4 is 5.73 Å². The second kappa shape index (κ2) is 21.7. The number of primary amides is 1. The molecule has 324 valence electrons. The number of azide groups is 5. The zero-order valence-corrected chi connectivity index (χ0v) is 31.3. The van der Waals surface area contributed by atoms with Crippen molar-refractivity contribution in [2.45, 2.75) is 136 Å². The van der Waals surface area contributed by atoms with Gasteiger partial charge in [0, 0.05) is 31.0 Å². The minimum atomic E-state index is -1.88. The Morgan fingerprint density at radius 3 is 2.00 bits per heavy atom. The molecule has 5 rings (SSSR count). The summed E-state index contributed by atoms with van der Waals surface area (Å²) in [4.78, 5) is 25.6. The molecule has 0 bridgehead atoms. The smallest absolute Gasteiger partial charge is 0.405 e. The van der Waals surface area contributed by atoms with Gasteiger partial charge in [-0.2, -0.15) is 0 Å². The standard InChI is InChI=1S/C31H42N16O13/c32-31(53)57-17(12-4-2-1-3-5-12)8-13-6-7-14(39-44-34)28(54-13)58-25-16(41-46-36)9-15(40-45-35)21(49)27(25)60-30-24(52)26(19(11-48)56-30)59-29-20(42-47-37)23(51)22(50)18(55-29)10-38-43-33/h1-5,13-30,48-52H,6-11H2,(H2,32,53)/t13-,14+,15+,16-,17?,18-,19+,20+,21-,22+,23+,24+,25+,26+,27+,28+,29+,30-/m0/s1. The molecule has 0 spiro atoms. The third-order valence-corrected chi connectivity index (χ3v) is 10.4. The van der Waals surface area contributed by atoms with Crippen LogP contribution in [0.15, 0.2) is 55.9 Å². The number of rotatable bonds is 17. The Morgan fingerprint density at radius 2 is 1.35 bits per heavy atom. The van der Waals surface area contributed by atoms with Crippen LogP contribution in [0.4, 0.5) is 4.79 Å². The largest absolute Gasteiger partial charge is 0.441 e. The van der Waals surface area contributed by atoms with Crippen LogP contribution in [0, 0.1) is 0 Å². The average Bonchev–Trinajstić information content (AvgIpc) is 3.53. The van der Waals surface area contributed by atoms with E-state index in [1.54, 1.807) is 30.3 Å². The number of carbonyl (C=O) groups is 1. The Balaban J connectivity index is 1.42. The van der Waals surface area contributed by atoms with Crippen LogP contribution in [-0.2, 0) is 33.2 Å². The number of hydrogen-bond acceptors (Lipinski definition) is 18. The number of amides is 1. The first kappa shape index (κ1) is 45.7. The highest BCUT2D eigenvalue weighted by molar-refractivity contribution is 5.65. The number of hydrogen-bond donors (Lipinski definition) is 6. The molecule has 3 aliphatic heterocycles. The fourth-order valence-electron chi connectivity index (χ4n) is 7.53. The van der Waals surface area contributed by atoms with Gasteiger partial charge in [-0.05, 0) is 52.5 Å². The van der Waals surface area contributed by atoms with E-state index in [4.69, 9.17) is 50.0 Å². The van der Waals surface area contributed by atoms with Crippen LogP contribution in [0.25, 0.3) is 52.2 Å². The highest BCUT2D eigenvalue weighted by Gasteiger charge is 2.54. The fraction of sp³-hybridized carbons (Fsp3) is 0.774. The molecule has 0 radical (unpaired) electrons. The van der Waals surface area contributed by atoms with Crippen LogP contribution >= 0.6 is 0 Å². The summed E-state index contributed by atoms with van der Waals surface area (Å²) in [6, 6.07) is 3.47. The van der Waals surface area contributed by atoms with Crippen molar-refractivity contribution in [1.82, 2.24) is 0 Å². The maximum absolute atomic E-state index is 11.8. The minimum Gasteiger partial charge on any atom is -0.441 e. The summed E-state index contributed by atoms with van der Waals surface area (Å²) < 4.78 is 41.4. The Kier molecular flexibility index (Phi) is 16.5. The van der Waals surface area contributed by atoms with Gasteiger partial charge in [-0.3, -0.25) is 0 Å². The molecule has 1 aromatic carbocycles. The molecule has 18 atom stereocenters. The monoisotopic (exact) mass is 846 g/mol. The van der Waals surface area contributed by atoms with Crippen LogP contribution in [0.3, 0.4) is 0 Å². The van der Waals surface area contributed by atoms with E-state index in [9.17, 15) is 46.9 Å². The summed E-state index contributed by atoms with van der Waals surface area (Å²) in [6.07, 6.45) is -22.0. The van der Waals surface area contributed by atoms with Crippen molar-refractivity contribution < 1.29 is 63.5 Å². The van der Waals surface area contributed by atoms with E-state index in [1.807, 2.05) is 0 Å². The molecule has 29 heteroatoms. The van der Waals surface area contributed by atoms with Crippen LogP contribution in [0.2, 0.25) is 0 Å². The highest BCUT2D eigenvalue weighted by Crippen LogP contribution is 2.38. The van der Waals surface area contributed by atoms with Gasteiger partial charge >= 0.3 is 6.09 Å². The van der Waals surface area contributed by atoms with Gasteiger partial charge in [0.1, 0.15) is 42.7 Å². The fourth-order valence-corrected chi connectivity index (χ4v) is 7.53. The first-order valence-electron chi connectivity index (χ1n) is 18.4. The molecule has 29 nitrogen and oxygen atoms in total. The van der Waals surface area contributed by atoms with E-state index in [2.05, 4.69) is 50.1 Å². The molecule has 0 aromatic heterocycles. The molecule has 1 saturated carbocycles. The van der Waals surface area contributed by atoms with Crippen molar-refractivity contribution in [3.8, 4) is 0 Å². The van der Waals surface area contributed by atoms with Crippen molar-refractivity contribution in [3.05, 3.63) is 88.1 Å². The second-order valence-electron chi connectivity index (χ2n) is 14.0. The number of nitrogens with two attached hydrogens (primary N) is 1. The summed E-state index contributed by atoms with van der Waals surface area (Å²) in [7, 11) is 0. The highest BCUT2D eigenvalue weighted by atomic mass is 16.8. The van der Waals surface area contributed by atoms with Crippen molar-refractivity contribution in [3.63, 3.8) is 0 Å². The van der Waals surface area contributed by atoms with Crippen LogP contribution in [0.5, 0.6) is 0 Å². The number of benzene rings is 1. The van der Waals surface area contributed by atoms with Gasteiger partial charge in [-0.15, -0.1) is 0 Å². The van der Waals surface area contributed by atoms with E-state index < -0.39 is 129 Å². The Labute approximate surface area is 337 Å². The molecule has 4 fully saturated rings. The number of aliphatic hydroxyl groups is 5. The third kappa shape index (κ3) is 10.9. The Morgan fingerprint density at radius 1 is 0.717 bits per heavy atom.